The highest BCUT2D eigenvalue weighted by Crippen LogP contribution is 2.30. The van der Waals surface area contributed by atoms with Gasteiger partial charge in [-0.1, -0.05) is 41.3 Å². The summed E-state index contributed by atoms with van der Waals surface area (Å²) in [6.07, 6.45) is 4.56. The molecular weight excluding hydrogens is 368 g/mol. The number of amides is 1. The van der Waals surface area contributed by atoms with Crippen molar-refractivity contribution >= 4 is 39.8 Å². The van der Waals surface area contributed by atoms with Crippen LogP contribution in [-0.2, 0) is 16.0 Å². The van der Waals surface area contributed by atoms with Gasteiger partial charge in [0.1, 0.15) is 0 Å². The summed E-state index contributed by atoms with van der Waals surface area (Å²) < 4.78 is 6.41. The monoisotopic (exact) mass is 390 g/mol. The van der Waals surface area contributed by atoms with E-state index in [0.717, 1.165) is 60.5 Å². The van der Waals surface area contributed by atoms with E-state index in [1.54, 1.807) is 0 Å². The minimum Gasteiger partial charge on any atom is -0.376 e. The average Bonchev–Trinajstić information content (AvgIpc) is 3.35. The van der Waals surface area contributed by atoms with Gasteiger partial charge in [0.25, 0.3) is 0 Å². The predicted molar refractivity (Wildman–Crippen MR) is 105 cm³/mol. The first-order chi connectivity index (χ1) is 12.8. The molecule has 1 aromatic heterocycles. The van der Waals surface area contributed by atoms with Crippen LogP contribution >= 0.6 is 23.1 Å². The quantitative estimate of drug-likeness (QED) is 0.764. The van der Waals surface area contributed by atoms with Crippen LogP contribution in [0.1, 0.15) is 24.8 Å². The summed E-state index contributed by atoms with van der Waals surface area (Å²) in [5.41, 5.74) is 2.31. The first-order valence-electron chi connectivity index (χ1n) is 8.99. The first-order valence-corrected chi connectivity index (χ1v) is 10.8. The number of nitrogens with one attached hydrogen (secondary N) is 1. The molecule has 3 heterocycles. The topological polar surface area (TPSA) is 67.3 Å². The normalized spacial score (nSPS) is 19.4. The summed E-state index contributed by atoms with van der Waals surface area (Å²) in [6.45, 7) is 2.41. The number of rotatable bonds is 6. The minimum atomic E-state index is 0.131. The molecule has 0 bridgehead atoms. The number of nitrogens with zero attached hydrogens (tertiary/aromatic N) is 3. The Labute approximate surface area is 161 Å². The maximum absolute atomic E-state index is 12.7. The molecule has 2 aromatic rings. The highest BCUT2D eigenvalue weighted by molar-refractivity contribution is 8.01. The van der Waals surface area contributed by atoms with Crippen LogP contribution in [0.4, 0.5) is 10.8 Å². The molecule has 0 aliphatic carbocycles. The second kappa shape index (κ2) is 8.37. The highest BCUT2D eigenvalue weighted by atomic mass is 32.2. The molecule has 0 radical (unpaired) electrons. The van der Waals surface area contributed by atoms with Gasteiger partial charge < -0.3 is 15.0 Å². The number of carbonyl (C=O) groups excluding carboxylic acids is 1. The molecule has 1 aromatic carbocycles. The van der Waals surface area contributed by atoms with Gasteiger partial charge in [0.2, 0.25) is 11.0 Å². The van der Waals surface area contributed by atoms with Gasteiger partial charge in [-0.15, -0.1) is 10.2 Å². The number of anilines is 2. The van der Waals surface area contributed by atoms with E-state index in [2.05, 4.69) is 21.6 Å². The van der Waals surface area contributed by atoms with Crippen LogP contribution in [0, 0.1) is 0 Å². The summed E-state index contributed by atoms with van der Waals surface area (Å²) in [4.78, 5) is 14.6. The third-order valence-electron chi connectivity index (χ3n) is 4.64. The van der Waals surface area contributed by atoms with Gasteiger partial charge in [-0.3, -0.25) is 4.79 Å². The molecule has 2 aliphatic heterocycles. The van der Waals surface area contributed by atoms with Crippen molar-refractivity contribution in [2.45, 2.75) is 36.1 Å². The van der Waals surface area contributed by atoms with Gasteiger partial charge in [-0.05, 0) is 37.3 Å². The fraction of sp³-hybridized carbons (Fsp3) is 0.500. The Balaban J connectivity index is 1.30. The molecule has 1 N–H and O–H groups in total. The zero-order valence-corrected chi connectivity index (χ0v) is 16.2. The van der Waals surface area contributed by atoms with Crippen molar-refractivity contribution in [1.29, 1.82) is 0 Å². The average molecular weight is 391 g/mol. The van der Waals surface area contributed by atoms with Gasteiger partial charge in [0.05, 0.1) is 11.9 Å². The number of para-hydroxylation sites is 1. The van der Waals surface area contributed by atoms with Crippen LogP contribution in [-0.4, -0.2) is 47.7 Å². The molecule has 1 fully saturated rings. The van der Waals surface area contributed by atoms with Crippen molar-refractivity contribution in [3.63, 3.8) is 0 Å². The standard InChI is InChI=1S/C18H22N4O2S2/c23-16(22-9-3-6-13-5-1-2-8-15(13)22)12-25-18-21-20-17(26-18)19-11-14-7-4-10-24-14/h1-2,5,8,14H,3-4,6-7,9-12H2,(H,19,20). The van der Waals surface area contributed by atoms with Crippen LogP contribution in [0.3, 0.4) is 0 Å². The van der Waals surface area contributed by atoms with Crippen LogP contribution in [0.5, 0.6) is 0 Å². The van der Waals surface area contributed by atoms with Crippen LogP contribution in [0.2, 0.25) is 0 Å². The van der Waals surface area contributed by atoms with E-state index < -0.39 is 0 Å². The maximum atomic E-state index is 12.7. The van der Waals surface area contributed by atoms with Gasteiger partial charge in [0.15, 0.2) is 4.34 Å². The summed E-state index contributed by atoms with van der Waals surface area (Å²) in [7, 11) is 0. The van der Waals surface area contributed by atoms with Gasteiger partial charge >= 0.3 is 0 Å². The van der Waals surface area contributed by atoms with Crippen molar-refractivity contribution in [3.05, 3.63) is 29.8 Å². The third kappa shape index (κ3) is 4.19. The van der Waals surface area contributed by atoms with Crippen molar-refractivity contribution < 1.29 is 9.53 Å². The lowest BCUT2D eigenvalue weighted by Gasteiger charge is -2.29. The van der Waals surface area contributed by atoms with Crippen molar-refractivity contribution in [1.82, 2.24) is 10.2 Å². The predicted octanol–water partition coefficient (Wildman–Crippen LogP) is 3.20. The molecule has 4 rings (SSSR count). The lowest BCUT2D eigenvalue weighted by molar-refractivity contribution is -0.116. The zero-order chi connectivity index (χ0) is 17.8. The molecule has 1 saturated heterocycles. The summed E-state index contributed by atoms with van der Waals surface area (Å²) in [6, 6.07) is 8.18. The molecule has 26 heavy (non-hydrogen) atoms. The summed E-state index contributed by atoms with van der Waals surface area (Å²) in [5, 5.41) is 12.4. The molecule has 1 atom stereocenters. The Morgan fingerprint density at radius 2 is 2.27 bits per heavy atom. The molecule has 0 saturated carbocycles. The van der Waals surface area contributed by atoms with E-state index >= 15 is 0 Å². The molecule has 0 spiro atoms. The summed E-state index contributed by atoms with van der Waals surface area (Å²) in [5.74, 6) is 0.514. The lowest BCUT2D eigenvalue weighted by Crippen LogP contribution is -2.36. The van der Waals surface area contributed by atoms with E-state index in [1.165, 1.54) is 28.7 Å². The number of aryl methyl sites for hydroxylation is 1. The van der Waals surface area contributed by atoms with E-state index in [4.69, 9.17) is 4.74 Å². The lowest BCUT2D eigenvalue weighted by atomic mass is 10.0. The van der Waals surface area contributed by atoms with Crippen molar-refractivity contribution in [3.8, 4) is 0 Å². The Morgan fingerprint density at radius 3 is 3.15 bits per heavy atom. The number of thioether (sulfide) groups is 1. The molecule has 1 amide bonds. The number of aromatic nitrogens is 2. The fourth-order valence-corrected chi connectivity index (χ4v) is 4.97. The van der Waals surface area contributed by atoms with E-state index in [9.17, 15) is 4.79 Å². The largest absolute Gasteiger partial charge is 0.376 e. The van der Waals surface area contributed by atoms with E-state index in [1.807, 2.05) is 23.1 Å². The maximum Gasteiger partial charge on any atom is 0.237 e. The Bertz CT molecular complexity index is 761. The van der Waals surface area contributed by atoms with Crippen molar-refractivity contribution in [2.24, 2.45) is 0 Å². The minimum absolute atomic E-state index is 0.131. The SMILES string of the molecule is O=C(CSc1nnc(NCC2CCCO2)s1)N1CCCc2ccccc21. The number of fused-ring (bicyclic) bond motifs is 1. The molecular formula is C18H22N4O2S2. The molecule has 8 heteroatoms. The van der Waals surface area contributed by atoms with Gasteiger partial charge in [-0.2, -0.15) is 0 Å². The Hall–Kier alpha value is -1.64. The van der Waals surface area contributed by atoms with E-state index in [0.29, 0.717) is 5.75 Å². The highest BCUT2D eigenvalue weighted by Gasteiger charge is 2.22. The van der Waals surface area contributed by atoms with Gasteiger partial charge in [0, 0.05) is 25.4 Å². The van der Waals surface area contributed by atoms with E-state index in [-0.39, 0.29) is 12.0 Å². The van der Waals surface area contributed by atoms with Crippen molar-refractivity contribution in [2.75, 3.05) is 35.7 Å². The number of ether oxygens (including phenoxy) is 1. The third-order valence-corrected chi connectivity index (χ3v) is 6.64. The number of carbonyl (C=O) groups is 1. The summed E-state index contributed by atoms with van der Waals surface area (Å²) >= 11 is 2.95. The van der Waals surface area contributed by atoms with Crippen LogP contribution < -0.4 is 10.2 Å². The first kappa shape index (κ1) is 17.8. The smallest absolute Gasteiger partial charge is 0.237 e. The Morgan fingerprint density at radius 1 is 1.35 bits per heavy atom. The Kier molecular flexibility index (Phi) is 5.72. The second-order valence-electron chi connectivity index (χ2n) is 6.46. The number of hydrogen-bond acceptors (Lipinski definition) is 7. The molecule has 138 valence electrons. The number of benzene rings is 1. The fourth-order valence-electron chi connectivity index (χ4n) is 3.34. The van der Waals surface area contributed by atoms with Crippen LogP contribution in [0.25, 0.3) is 0 Å². The van der Waals surface area contributed by atoms with Crippen LogP contribution in [0.15, 0.2) is 28.6 Å². The van der Waals surface area contributed by atoms with Gasteiger partial charge in [-0.25, -0.2) is 0 Å². The number of hydrogen-bond donors (Lipinski definition) is 1. The second-order valence-corrected chi connectivity index (χ2v) is 8.66. The molecule has 2 aliphatic rings. The molecule has 1 unspecified atom stereocenters. The zero-order valence-electron chi connectivity index (χ0n) is 14.5. The molecule has 6 nitrogen and oxygen atoms in total.